The molecule has 0 radical (unpaired) electrons. The van der Waals surface area contributed by atoms with Crippen LogP contribution in [0.5, 0.6) is 11.5 Å². The van der Waals surface area contributed by atoms with Gasteiger partial charge in [0, 0.05) is 59.4 Å². The number of carbonyl (C=O) groups excluding carboxylic acids is 1. The van der Waals surface area contributed by atoms with E-state index in [4.69, 9.17) is 21.4 Å². The third-order valence-corrected chi connectivity index (χ3v) is 9.57. The molecule has 2 unspecified atom stereocenters. The lowest BCUT2D eigenvalue weighted by atomic mass is 9.92. The van der Waals surface area contributed by atoms with Crippen LogP contribution in [0, 0.1) is 6.92 Å². The molecule has 266 valence electrons. The second-order valence-electron chi connectivity index (χ2n) is 14.1. The zero-order valence-electron chi connectivity index (χ0n) is 28.9. The number of aromatic hydroxyl groups is 1. The first-order valence-electron chi connectivity index (χ1n) is 16.9. The Morgan fingerprint density at radius 1 is 1.02 bits per heavy atom. The fourth-order valence-electron chi connectivity index (χ4n) is 6.51. The standard InChI is InChI=1S/C37H41ClN8O5/c1-21-5-8-23(9-6-21)46-31(19-30(43-46)37(2,3)4)40-36(50)39-26-10-12-29(25-18-28(48)34(49)33(25)26)51-16-15-44-13-14-45-32(20-44)41-42-35(45)24-17-22(38)7-11-27(24)47/h5-12,17,19,28,34,47-49H,13-16,18,20H2,1-4H3,(H2,39,40,50). The molecule has 7 rings (SSSR count). The number of phenolic OH excluding ortho intramolecular Hbond substituents is 1. The molecule has 13 nitrogen and oxygen atoms in total. The number of aromatic nitrogens is 5. The highest BCUT2D eigenvalue weighted by molar-refractivity contribution is 6.30. The van der Waals surface area contributed by atoms with Gasteiger partial charge < -0.3 is 29.9 Å². The molecule has 3 aromatic carbocycles. The molecule has 0 spiro atoms. The Balaban J connectivity index is 1.03. The van der Waals surface area contributed by atoms with Crippen LogP contribution in [0.1, 0.15) is 55.1 Å². The number of hydrogen-bond donors (Lipinski definition) is 5. The van der Waals surface area contributed by atoms with Crippen LogP contribution in [0.2, 0.25) is 5.02 Å². The molecule has 2 aromatic heterocycles. The number of fused-ring (bicyclic) bond motifs is 2. The van der Waals surface area contributed by atoms with Crippen LogP contribution in [0.15, 0.2) is 60.7 Å². The summed E-state index contributed by atoms with van der Waals surface area (Å²) < 4.78 is 9.90. The van der Waals surface area contributed by atoms with Gasteiger partial charge in [0.1, 0.15) is 35.9 Å². The van der Waals surface area contributed by atoms with Crippen LogP contribution in [0.25, 0.3) is 17.1 Å². The molecule has 0 fully saturated rings. The number of nitrogens with zero attached hydrogens (tertiary/aromatic N) is 6. The number of halogens is 1. The summed E-state index contributed by atoms with van der Waals surface area (Å²) in [5.74, 6) is 2.47. The van der Waals surface area contributed by atoms with E-state index in [1.165, 1.54) is 0 Å². The van der Waals surface area contributed by atoms with Crippen molar-refractivity contribution >= 4 is 29.1 Å². The lowest BCUT2D eigenvalue weighted by Gasteiger charge is -2.27. The monoisotopic (exact) mass is 712 g/mol. The molecule has 2 amide bonds. The van der Waals surface area contributed by atoms with Crippen LogP contribution in [-0.2, 0) is 24.9 Å². The van der Waals surface area contributed by atoms with Gasteiger partial charge in [-0.15, -0.1) is 10.2 Å². The van der Waals surface area contributed by atoms with Gasteiger partial charge in [-0.3, -0.25) is 10.2 Å². The number of aliphatic hydroxyl groups is 2. The summed E-state index contributed by atoms with van der Waals surface area (Å²) in [6.07, 6.45) is -2.04. The molecule has 2 aliphatic rings. The number of rotatable bonds is 8. The normalized spacial score (nSPS) is 17.2. The van der Waals surface area contributed by atoms with Crippen LogP contribution in [0.3, 0.4) is 0 Å². The van der Waals surface area contributed by atoms with Gasteiger partial charge in [-0.25, -0.2) is 9.48 Å². The molecule has 5 aromatic rings. The summed E-state index contributed by atoms with van der Waals surface area (Å²) in [5, 5.41) is 51.7. The Hall–Kier alpha value is -4.95. The van der Waals surface area contributed by atoms with Crippen molar-refractivity contribution in [3.63, 3.8) is 0 Å². The van der Waals surface area contributed by atoms with Crippen molar-refractivity contribution in [2.45, 2.75) is 64.8 Å². The van der Waals surface area contributed by atoms with Gasteiger partial charge in [0.15, 0.2) is 5.82 Å². The number of aryl methyl sites for hydroxylation is 1. The lowest BCUT2D eigenvalue weighted by molar-refractivity contribution is 0.0329. The topological polar surface area (TPSA) is 163 Å². The van der Waals surface area contributed by atoms with E-state index in [1.54, 1.807) is 35.0 Å². The molecular weight excluding hydrogens is 672 g/mol. The lowest BCUT2D eigenvalue weighted by Crippen LogP contribution is -2.36. The number of carbonyl (C=O) groups is 1. The Bertz CT molecular complexity index is 2090. The summed E-state index contributed by atoms with van der Waals surface area (Å²) in [5.41, 5.74) is 4.48. The first-order valence-corrected chi connectivity index (χ1v) is 17.3. The molecule has 2 atom stereocenters. The molecule has 14 heteroatoms. The third-order valence-electron chi connectivity index (χ3n) is 9.33. The van der Waals surface area contributed by atoms with Crippen molar-refractivity contribution in [3.8, 4) is 28.6 Å². The van der Waals surface area contributed by atoms with Gasteiger partial charge in [0.25, 0.3) is 0 Å². The zero-order valence-corrected chi connectivity index (χ0v) is 29.6. The van der Waals surface area contributed by atoms with Gasteiger partial charge >= 0.3 is 6.03 Å². The first kappa shape index (κ1) is 34.5. The molecular formula is C37H41ClN8O5. The molecule has 5 N–H and O–H groups in total. The number of hydrogen-bond acceptors (Lipinski definition) is 9. The fraction of sp³-hybridized carbons (Fsp3) is 0.351. The highest BCUT2D eigenvalue weighted by Crippen LogP contribution is 2.42. The SMILES string of the molecule is Cc1ccc(-n2nc(C(C)(C)C)cc2NC(=O)Nc2ccc(OCCN3CCn4c(nnc4-c4cc(Cl)ccc4O)C3)c3c2C(O)C(O)C3)cc1. The highest BCUT2D eigenvalue weighted by atomic mass is 35.5. The van der Waals surface area contributed by atoms with Gasteiger partial charge in [0.05, 0.1) is 29.6 Å². The minimum absolute atomic E-state index is 0.0929. The average Bonchev–Trinajstić information content (AvgIpc) is 3.79. The summed E-state index contributed by atoms with van der Waals surface area (Å²) in [7, 11) is 0. The van der Waals surface area contributed by atoms with Gasteiger partial charge in [-0.1, -0.05) is 50.1 Å². The highest BCUT2D eigenvalue weighted by Gasteiger charge is 2.35. The van der Waals surface area contributed by atoms with Crippen molar-refractivity contribution in [2.24, 2.45) is 0 Å². The Kier molecular flexibility index (Phi) is 9.23. The van der Waals surface area contributed by atoms with E-state index in [2.05, 4.69) is 46.5 Å². The van der Waals surface area contributed by atoms with E-state index in [0.29, 0.717) is 71.0 Å². The average molecular weight is 713 g/mol. The number of phenols is 1. The van der Waals surface area contributed by atoms with Crippen molar-refractivity contribution in [1.82, 2.24) is 29.4 Å². The minimum Gasteiger partial charge on any atom is -0.507 e. The number of ether oxygens (including phenoxy) is 1. The predicted molar refractivity (Wildman–Crippen MR) is 194 cm³/mol. The van der Waals surface area contributed by atoms with Gasteiger partial charge in [-0.2, -0.15) is 5.10 Å². The first-order chi connectivity index (χ1) is 24.4. The molecule has 1 aliphatic heterocycles. The maximum Gasteiger partial charge on any atom is 0.324 e. The number of amides is 2. The van der Waals surface area contributed by atoms with Gasteiger partial charge in [-0.05, 0) is 49.4 Å². The third kappa shape index (κ3) is 7.02. The Morgan fingerprint density at radius 3 is 2.57 bits per heavy atom. The summed E-state index contributed by atoms with van der Waals surface area (Å²) in [6, 6.07) is 17.5. The number of urea groups is 1. The van der Waals surface area contributed by atoms with Crippen LogP contribution in [0.4, 0.5) is 16.3 Å². The molecule has 0 saturated heterocycles. The molecule has 1 aliphatic carbocycles. The van der Waals surface area contributed by atoms with Gasteiger partial charge in [0.2, 0.25) is 0 Å². The maximum absolute atomic E-state index is 13.4. The molecule has 51 heavy (non-hydrogen) atoms. The predicted octanol–water partition coefficient (Wildman–Crippen LogP) is 5.58. The Morgan fingerprint density at radius 2 is 1.80 bits per heavy atom. The van der Waals surface area contributed by atoms with E-state index in [0.717, 1.165) is 29.3 Å². The van der Waals surface area contributed by atoms with E-state index >= 15 is 0 Å². The maximum atomic E-state index is 13.4. The fourth-order valence-corrected chi connectivity index (χ4v) is 6.68. The Labute approximate surface area is 300 Å². The second-order valence-corrected chi connectivity index (χ2v) is 14.5. The van der Waals surface area contributed by atoms with Crippen molar-refractivity contribution in [3.05, 3.63) is 93.9 Å². The van der Waals surface area contributed by atoms with Crippen LogP contribution in [-0.4, -0.2) is 76.6 Å². The van der Waals surface area contributed by atoms with Crippen LogP contribution >= 0.6 is 11.6 Å². The van der Waals surface area contributed by atoms with E-state index in [1.807, 2.05) is 41.8 Å². The minimum atomic E-state index is -1.19. The number of anilines is 2. The van der Waals surface area contributed by atoms with Crippen molar-refractivity contribution < 1.29 is 24.9 Å². The largest absolute Gasteiger partial charge is 0.507 e. The summed E-state index contributed by atoms with van der Waals surface area (Å²) >= 11 is 6.16. The molecule has 0 saturated carbocycles. The zero-order chi connectivity index (χ0) is 36.0. The van der Waals surface area contributed by atoms with Crippen molar-refractivity contribution in [2.75, 3.05) is 30.3 Å². The summed E-state index contributed by atoms with van der Waals surface area (Å²) in [4.78, 5) is 15.6. The number of aliphatic hydroxyl groups excluding tert-OH is 2. The summed E-state index contributed by atoms with van der Waals surface area (Å²) in [6.45, 7) is 11.0. The van der Waals surface area contributed by atoms with E-state index in [9.17, 15) is 20.1 Å². The van der Waals surface area contributed by atoms with E-state index < -0.39 is 18.2 Å². The van der Waals surface area contributed by atoms with E-state index in [-0.39, 0.29) is 17.6 Å². The van der Waals surface area contributed by atoms with Crippen molar-refractivity contribution in [1.29, 1.82) is 0 Å². The molecule has 0 bridgehead atoms. The number of benzene rings is 3. The smallest absolute Gasteiger partial charge is 0.324 e. The second kappa shape index (κ2) is 13.6. The van der Waals surface area contributed by atoms with Crippen LogP contribution < -0.4 is 15.4 Å². The molecule has 3 heterocycles. The number of nitrogens with one attached hydrogen (secondary N) is 2. The quantitative estimate of drug-likeness (QED) is 0.138.